The molecule has 1 heterocycles. The van der Waals surface area contributed by atoms with E-state index in [1.54, 1.807) is 6.07 Å². The molecule has 1 aliphatic rings. The highest BCUT2D eigenvalue weighted by atomic mass is 35.5. The molecule has 4 heteroatoms. The molecule has 1 unspecified atom stereocenters. The van der Waals surface area contributed by atoms with E-state index in [0.29, 0.717) is 16.6 Å². The van der Waals surface area contributed by atoms with Crippen LogP contribution in [0.4, 0.5) is 10.1 Å². The van der Waals surface area contributed by atoms with Crippen LogP contribution >= 0.6 is 23.4 Å². The van der Waals surface area contributed by atoms with Gasteiger partial charge in [0.15, 0.2) is 0 Å². The van der Waals surface area contributed by atoms with Crippen LogP contribution in [0.25, 0.3) is 0 Å². The van der Waals surface area contributed by atoms with Crippen LogP contribution in [0.15, 0.2) is 47.4 Å². The number of hydrogen-bond acceptors (Lipinski definition) is 2. The van der Waals surface area contributed by atoms with E-state index in [2.05, 4.69) is 29.6 Å². The molecule has 1 nitrogen and oxygen atoms in total. The van der Waals surface area contributed by atoms with Crippen molar-refractivity contribution in [3.05, 3.63) is 58.9 Å². The largest absolute Gasteiger partial charge is 0.383 e. The summed E-state index contributed by atoms with van der Waals surface area (Å²) >= 11 is 7.92. The number of anilines is 1. The minimum Gasteiger partial charge on any atom is -0.383 e. The minimum atomic E-state index is -0.270. The Balaban J connectivity index is 1.72. The van der Waals surface area contributed by atoms with Gasteiger partial charge in [0.05, 0.1) is 10.7 Å². The van der Waals surface area contributed by atoms with E-state index in [0.717, 1.165) is 12.3 Å². The van der Waals surface area contributed by atoms with Crippen molar-refractivity contribution in [2.45, 2.75) is 10.8 Å². The summed E-state index contributed by atoms with van der Waals surface area (Å²) in [6.07, 6.45) is 0. The second-order valence-corrected chi connectivity index (χ2v) is 6.02. The maximum Gasteiger partial charge on any atom is 0.125 e. The van der Waals surface area contributed by atoms with Crippen molar-refractivity contribution in [3.8, 4) is 0 Å². The Kier molecular flexibility index (Phi) is 3.67. The van der Waals surface area contributed by atoms with Gasteiger partial charge in [0.25, 0.3) is 0 Å². The number of benzene rings is 2. The number of hydrogen-bond donors (Lipinski definition) is 1. The lowest BCUT2D eigenvalue weighted by molar-refractivity contribution is 0.628. The van der Waals surface area contributed by atoms with E-state index in [9.17, 15) is 4.39 Å². The average Bonchev–Trinajstić information content (AvgIpc) is 2.83. The van der Waals surface area contributed by atoms with Gasteiger partial charge < -0.3 is 5.32 Å². The third-order valence-electron chi connectivity index (χ3n) is 3.27. The fraction of sp³-hybridized carbons (Fsp3) is 0.200. The second-order valence-electron chi connectivity index (χ2n) is 4.55. The lowest BCUT2D eigenvalue weighted by Crippen LogP contribution is -2.12. The highest BCUT2D eigenvalue weighted by Crippen LogP contribution is 2.39. The van der Waals surface area contributed by atoms with E-state index in [1.807, 2.05) is 11.8 Å². The lowest BCUT2D eigenvalue weighted by atomic mass is 10.0. The topological polar surface area (TPSA) is 12.0 Å². The number of fused-ring (bicyclic) bond motifs is 1. The molecule has 0 saturated carbocycles. The zero-order valence-electron chi connectivity index (χ0n) is 10.2. The van der Waals surface area contributed by atoms with Crippen LogP contribution in [0.5, 0.6) is 0 Å². The first-order valence-corrected chi connectivity index (χ1v) is 7.51. The number of nitrogens with one attached hydrogen (secondary N) is 1. The second kappa shape index (κ2) is 5.43. The van der Waals surface area contributed by atoms with Crippen LogP contribution in [-0.4, -0.2) is 12.3 Å². The maximum absolute atomic E-state index is 13.2. The van der Waals surface area contributed by atoms with Crippen molar-refractivity contribution in [3.63, 3.8) is 0 Å². The van der Waals surface area contributed by atoms with Gasteiger partial charge in [-0.3, -0.25) is 0 Å². The predicted molar refractivity (Wildman–Crippen MR) is 79.8 cm³/mol. The summed E-state index contributed by atoms with van der Waals surface area (Å²) in [5.74, 6) is 1.23. The smallest absolute Gasteiger partial charge is 0.125 e. The normalized spacial score (nSPS) is 17.3. The number of rotatable bonds is 3. The number of thioether (sulfide) groups is 1. The van der Waals surface area contributed by atoms with Gasteiger partial charge in [-0.25, -0.2) is 4.39 Å². The van der Waals surface area contributed by atoms with Gasteiger partial charge in [-0.1, -0.05) is 29.8 Å². The van der Waals surface area contributed by atoms with Gasteiger partial charge in [0, 0.05) is 23.1 Å². The molecular formula is C15H13ClFNS. The van der Waals surface area contributed by atoms with Crippen molar-refractivity contribution in [1.29, 1.82) is 0 Å². The van der Waals surface area contributed by atoms with Gasteiger partial charge in [0.2, 0.25) is 0 Å². The molecule has 19 heavy (non-hydrogen) atoms. The third kappa shape index (κ3) is 2.72. The summed E-state index contributed by atoms with van der Waals surface area (Å²) in [5, 5.41) is 3.81. The molecule has 3 rings (SSSR count). The van der Waals surface area contributed by atoms with E-state index in [4.69, 9.17) is 11.6 Å². The predicted octanol–water partition coefficient (Wildman–Crippen LogP) is 4.78. The summed E-state index contributed by atoms with van der Waals surface area (Å²) in [6.45, 7) is 0.771. The Morgan fingerprint density at radius 2 is 2.11 bits per heavy atom. The highest BCUT2D eigenvalue weighted by molar-refractivity contribution is 7.99. The SMILES string of the molecule is Fc1ccc(Cl)c(NCC2CSc3ccccc32)c1. The first-order chi connectivity index (χ1) is 9.24. The molecule has 0 saturated heterocycles. The molecule has 98 valence electrons. The first-order valence-electron chi connectivity index (χ1n) is 6.14. The van der Waals surface area contributed by atoms with Crippen LogP contribution < -0.4 is 5.32 Å². The van der Waals surface area contributed by atoms with Gasteiger partial charge in [0.1, 0.15) is 5.82 Å². The lowest BCUT2D eigenvalue weighted by Gasteiger charge is -2.14. The molecule has 0 amide bonds. The summed E-state index contributed by atoms with van der Waals surface area (Å²) in [6, 6.07) is 12.8. The maximum atomic E-state index is 13.2. The van der Waals surface area contributed by atoms with E-state index >= 15 is 0 Å². The summed E-state index contributed by atoms with van der Waals surface area (Å²) in [4.78, 5) is 1.35. The quantitative estimate of drug-likeness (QED) is 0.874. The van der Waals surface area contributed by atoms with E-state index in [1.165, 1.54) is 22.6 Å². The summed E-state index contributed by atoms with van der Waals surface area (Å²) < 4.78 is 13.2. The fourth-order valence-corrected chi connectivity index (χ4v) is 3.70. The van der Waals surface area contributed by atoms with Crippen LogP contribution in [0, 0.1) is 5.82 Å². The van der Waals surface area contributed by atoms with Gasteiger partial charge in [-0.15, -0.1) is 11.8 Å². The summed E-state index contributed by atoms with van der Waals surface area (Å²) in [7, 11) is 0. The molecule has 1 N–H and O–H groups in total. The third-order valence-corrected chi connectivity index (χ3v) is 4.85. The molecule has 0 radical (unpaired) electrons. The average molecular weight is 294 g/mol. The van der Waals surface area contributed by atoms with E-state index < -0.39 is 0 Å². The molecule has 0 bridgehead atoms. The summed E-state index contributed by atoms with van der Waals surface area (Å²) in [5.41, 5.74) is 2.03. The van der Waals surface area contributed by atoms with Gasteiger partial charge in [-0.2, -0.15) is 0 Å². The van der Waals surface area contributed by atoms with Crippen molar-refractivity contribution in [2.24, 2.45) is 0 Å². The highest BCUT2D eigenvalue weighted by Gasteiger charge is 2.22. The van der Waals surface area contributed by atoms with Crippen LogP contribution in [0.1, 0.15) is 11.5 Å². The zero-order chi connectivity index (χ0) is 13.2. The standard InChI is InChI=1S/C15H13ClFNS/c16-13-6-5-11(17)7-14(13)18-8-10-9-19-15-4-2-1-3-12(10)15/h1-7,10,18H,8-9H2. The molecule has 0 aliphatic carbocycles. The first kappa shape index (κ1) is 12.8. The molecule has 2 aromatic rings. The Hall–Kier alpha value is -1.19. The van der Waals surface area contributed by atoms with Crippen LogP contribution in [0.2, 0.25) is 5.02 Å². The van der Waals surface area contributed by atoms with Crippen LogP contribution in [-0.2, 0) is 0 Å². The minimum absolute atomic E-state index is 0.270. The van der Waals surface area contributed by atoms with Gasteiger partial charge >= 0.3 is 0 Å². The monoisotopic (exact) mass is 293 g/mol. The Bertz CT molecular complexity index is 602. The Morgan fingerprint density at radius 3 is 3.00 bits per heavy atom. The fourth-order valence-electron chi connectivity index (χ4n) is 2.26. The van der Waals surface area contributed by atoms with Crippen molar-refractivity contribution < 1.29 is 4.39 Å². The van der Waals surface area contributed by atoms with Crippen molar-refractivity contribution >= 4 is 29.1 Å². The molecule has 1 atom stereocenters. The molecule has 2 aromatic carbocycles. The van der Waals surface area contributed by atoms with Crippen molar-refractivity contribution in [2.75, 3.05) is 17.6 Å². The molecule has 0 fully saturated rings. The number of halogens is 2. The van der Waals surface area contributed by atoms with Crippen LogP contribution in [0.3, 0.4) is 0 Å². The van der Waals surface area contributed by atoms with Crippen molar-refractivity contribution in [1.82, 2.24) is 0 Å². The molecule has 0 aromatic heterocycles. The molecular weight excluding hydrogens is 281 g/mol. The molecule has 0 spiro atoms. The Morgan fingerprint density at radius 1 is 1.26 bits per heavy atom. The molecule has 1 aliphatic heterocycles. The zero-order valence-corrected chi connectivity index (χ0v) is 11.8. The van der Waals surface area contributed by atoms with Gasteiger partial charge in [-0.05, 0) is 29.8 Å². The Labute approximate surface area is 121 Å². The van der Waals surface area contributed by atoms with E-state index in [-0.39, 0.29) is 5.82 Å².